The summed E-state index contributed by atoms with van der Waals surface area (Å²) in [6.07, 6.45) is 6.27. The van der Waals surface area contributed by atoms with Crippen LogP contribution in [0.5, 0.6) is 0 Å². The van der Waals surface area contributed by atoms with Crippen molar-refractivity contribution in [1.29, 1.82) is 0 Å². The zero-order valence-electron chi connectivity index (χ0n) is 10.9. The number of nitrogens with one attached hydrogen (secondary N) is 1. The number of carboxylic acid groups (broad SMARTS) is 1. The molecule has 0 radical (unpaired) electrons. The third-order valence-corrected chi connectivity index (χ3v) is 4.19. The van der Waals surface area contributed by atoms with Crippen molar-refractivity contribution in [1.82, 2.24) is 9.88 Å². The number of anilines is 1. The highest BCUT2D eigenvalue weighted by atomic mass is 16.4. The Kier molecular flexibility index (Phi) is 3.38. The summed E-state index contributed by atoms with van der Waals surface area (Å²) in [5, 5.41) is 12.5. The molecular weight excluding hydrogens is 242 g/mol. The molecule has 2 aliphatic rings. The van der Waals surface area contributed by atoms with E-state index in [-0.39, 0.29) is 5.69 Å². The summed E-state index contributed by atoms with van der Waals surface area (Å²) in [4.78, 5) is 17.6. The van der Waals surface area contributed by atoms with Crippen LogP contribution in [-0.2, 0) is 0 Å². The van der Waals surface area contributed by atoms with E-state index < -0.39 is 5.97 Å². The first-order valence-electron chi connectivity index (χ1n) is 6.93. The Hall–Kier alpha value is -1.62. The number of piperidine rings is 1. The van der Waals surface area contributed by atoms with Crippen LogP contribution in [0.25, 0.3) is 0 Å². The van der Waals surface area contributed by atoms with Gasteiger partial charge in [0.25, 0.3) is 0 Å². The number of rotatable bonds is 3. The van der Waals surface area contributed by atoms with Crippen molar-refractivity contribution in [2.75, 3.05) is 18.4 Å². The molecule has 2 atom stereocenters. The second kappa shape index (κ2) is 5.17. The van der Waals surface area contributed by atoms with E-state index in [2.05, 4.69) is 15.2 Å². The molecule has 5 heteroatoms. The molecule has 0 amide bonds. The van der Waals surface area contributed by atoms with Crippen LogP contribution in [0, 0.1) is 0 Å². The summed E-state index contributed by atoms with van der Waals surface area (Å²) in [6.45, 7) is 2.34. The van der Waals surface area contributed by atoms with Gasteiger partial charge in [-0.15, -0.1) is 0 Å². The lowest BCUT2D eigenvalue weighted by atomic mass is 9.97. The van der Waals surface area contributed by atoms with E-state index in [1.54, 1.807) is 12.1 Å². The van der Waals surface area contributed by atoms with Crippen LogP contribution in [0.2, 0.25) is 0 Å². The van der Waals surface area contributed by atoms with Gasteiger partial charge >= 0.3 is 5.97 Å². The molecule has 2 N–H and O–H groups in total. The number of aromatic nitrogens is 1. The Labute approximate surface area is 112 Å². The molecule has 19 heavy (non-hydrogen) atoms. The number of hydrogen-bond acceptors (Lipinski definition) is 4. The van der Waals surface area contributed by atoms with E-state index in [0.29, 0.717) is 17.8 Å². The topological polar surface area (TPSA) is 65.5 Å². The molecule has 0 aromatic carbocycles. The highest BCUT2D eigenvalue weighted by molar-refractivity contribution is 5.91. The minimum Gasteiger partial charge on any atom is -0.476 e. The zero-order chi connectivity index (χ0) is 13.2. The van der Waals surface area contributed by atoms with Crippen LogP contribution in [-0.4, -0.2) is 46.1 Å². The van der Waals surface area contributed by atoms with Gasteiger partial charge in [-0.05, 0) is 44.4 Å². The van der Waals surface area contributed by atoms with Gasteiger partial charge in [-0.25, -0.2) is 9.78 Å². The molecule has 5 nitrogen and oxygen atoms in total. The normalized spacial score (nSPS) is 26.9. The number of nitrogens with zero attached hydrogens (tertiary/aromatic N) is 2. The largest absolute Gasteiger partial charge is 0.476 e. The van der Waals surface area contributed by atoms with Gasteiger partial charge in [0.15, 0.2) is 5.69 Å². The summed E-state index contributed by atoms with van der Waals surface area (Å²) >= 11 is 0. The lowest BCUT2D eigenvalue weighted by Crippen LogP contribution is -2.42. The van der Waals surface area contributed by atoms with E-state index in [1.165, 1.54) is 25.6 Å². The van der Waals surface area contributed by atoms with E-state index in [4.69, 9.17) is 5.11 Å². The van der Waals surface area contributed by atoms with Crippen molar-refractivity contribution in [2.45, 2.75) is 37.8 Å². The average Bonchev–Trinajstić information content (AvgIpc) is 2.86. The monoisotopic (exact) mass is 261 g/mol. The van der Waals surface area contributed by atoms with Crippen molar-refractivity contribution >= 4 is 11.7 Å². The average molecular weight is 261 g/mol. The lowest BCUT2D eigenvalue weighted by molar-refractivity contribution is 0.0691. The molecule has 0 saturated carbocycles. The molecule has 3 heterocycles. The van der Waals surface area contributed by atoms with Gasteiger partial charge in [-0.1, -0.05) is 0 Å². The molecule has 2 aliphatic heterocycles. The van der Waals surface area contributed by atoms with Gasteiger partial charge in [0, 0.05) is 24.8 Å². The predicted octanol–water partition coefficient (Wildman–Crippen LogP) is 1.82. The minimum atomic E-state index is -0.971. The van der Waals surface area contributed by atoms with Crippen LogP contribution in [0.15, 0.2) is 18.3 Å². The number of aromatic carboxylic acids is 1. The van der Waals surface area contributed by atoms with Gasteiger partial charge < -0.3 is 15.3 Å². The van der Waals surface area contributed by atoms with Crippen molar-refractivity contribution in [2.24, 2.45) is 0 Å². The van der Waals surface area contributed by atoms with Crippen LogP contribution in [0.3, 0.4) is 0 Å². The fourth-order valence-corrected chi connectivity index (χ4v) is 3.27. The molecule has 102 valence electrons. The van der Waals surface area contributed by atoms with Gasteiger partial charge in [0.2, 0.25) is 0 Å². The first-order valence-corrected chi connectivity index (χ1v) is 6.93. The van der Waals surface area contributed by atoms with E-state index >= 15 is 0 Å². The highest BCUT2D eigenvalue weighted by Crippen LogP contribution is 2.28. The fourth-order valence-electron chi connectivity index (χ4n) is 3.27. The molecule has 2 fully saturated rings. The quantitative estimate of drug-likeness (QED) is 0.869. The van der Waals surface area contributed by atoms with E-state index in [9.17, 15) is 4.79 Å². The highest BCUT2D eigenvalue weighted by Gasteiger charge is 2.31. The first kappa shape index (κ1) is 12.4. The standard InChI is InChI=1S/C14H19N3O2/c18-14(19)13-12(4-1-6-15-13)16-10-5-8-17-7-2-3-11(17)9-10/h1,4,6,10-11,16H,2-3,5,7-9H2,(H,18,19). The molecular formula is C14H19N3O2. The fraction of sp³-hybridized carbons (Fsp3) is 0.571. The number of hydrogen-bond donors (Lipinski definition) is 2. The van der Waals surface area contributed by atoms with Crippen LogP contribution in [0.1, 0.15) is 36.2 Å². The van der Waals surface area contributed by atoms with E-state index in [1.807, 2.05) is 0 Å². The summed E-state index contributed by atoms with van der Waals surface area (Å²) in [7, 11) is 0. The van der Waals surface area contributed by atoms with Gasteiger partial charge in [-0.2, -0.15) is 0 Å². The Morgan fingerprint density at radius 1 is 1.42 bits per heavy atom. The van der Waals surface area contributed by atoms with Gasteiger partial charge in [-0.3, -0.25) is 0 Å². The Morgan fingerprint density at radius 3 is 3.16 bits per heavy atom. The third-order valence-electron chi connectivity index (χ3n) is 4.19. The Balaban J connectivity index is 1.70. The molecule has 1 aromatic heterocycles. The summed E-state index contributed by atoms with van der Waals surface area (Å²) in [5.41, 5.74) is 0.766. The summed E-state index contributed by atoms with van der Waals surface area (Å²) in [6, 6.07) is 4.62. The van der Waals surface area contributed by atoms with Crippen LogP contribution < -0.4 is 5.32 Å². The molecule has 0 spiro atoms. The maximum atomic E-state index is 11.1. The molecule has 3 rings (SSSR count). The molecule has 0 bridgehead atoms. The predicted molar refractivity (Wildman–Crippen MR) is 72.4 cm³/mol. The van der Waals surface area contributed by atoms with Crippen molar-refractivity contribution < 1.29 is 9.90 Å². The summed E-state index contributed by atoms with van der Waals surface area (Å²) in [5.74, 6) is -0.971. The molecule has 2 saturated heterocycles. The Morgan fingerprint density at radius 2 is 2.32 bits per heavy atom. The first-order chi connectivity index (χ1) is 9.24. The summed E-state index contributed by atoms with van der Waals surface area (Å²) < 4.78 is 0. The van der Waals surface area contributed by atoms with Gasteiger partial charge in [0.1, 0.15) is 0 Å². The maximum absolute atomic E-state index is 11.1. The zero-order valence-corrected chi connectivity index (χ0v) is 10.9. The molecule has 1 aromatic rings. The van der Waals surface area contributed by atoms with Crippen LogP contribution in [0.4, 0.5) is 5.69 Å². The second-order valence-corrected chi connectivity index (χ2v) is 5.40. The number of pyridine rings is 1. The number of carboxylic acids is 1. The minimum absolute atomic E-state index is 0.122. The Bertz CT molecular complexity index is 478. The maximum Gasteiger partial charge on any atom is 0.356 e. The second-order valence-electron chi connectivity index (χ2n) is 5.40. The van der Waals surface area contributed by atoms with E-state index in [0.717, 1.165) is 19.4 Å². The van der Waals surface area contributed by atoms with Gasteiger partial charge in [0.05, 0.1) is 5.69 Å². The molecule has 0 aliphatic carbocycles. The van der Waals surface area contributed by atoms with Crippen molar-refractivity contribution in [3.05, 3.63) is 24.0 Å². The lowest BCUT2D eigenvalue weighted by Gasteiger charge is -2.35. The SMILES string of the molecule is O=C(O)c1ncccc1NC1CCN2CCCC2C1. The smallest absolute Gasteiger partial charge is 0.356 e. The van der Waals surface area contributed by atoms with Crippen molar-refractivity contribution in [3.8, 4) is 0 Å². The number of carbonyl (C=O) groups is 1. The number of fused-ring (bicyclic) bond motifs is 1. The van der Waals surface area contributed by atoms with Crippen molar-refractivity contribution in [3.63, 3.8) is 0 Å². The van der Waals surface area contributed by atoms with Crippen LogP contribution >= 0.6 is 0 Å². The molecule has 2 unspecified atom stereocenters. The third kappa shape index (κ3) is 2.56.